The average Bonchev–Trinajstić information content (AvgIpc) is 2.75. The summed E-state index contributed by atoms with van der Waals surface area (Å²) in [7, 11) is 0. The summed E-state index contributed by atoms with van der Waals surface area (Å²) in [5.41, 5.74) is 1.66. The third-order valence-corrected chi connectivity index (χ3v) is 3.89. The van der Waals surface area contributed by atoms with Gasteiger partial charge in [0.1, 0.15) is 5.75 Å². The molecule has 0 radical (unpaired) electrons. The summed E-state index contributed by atoms with van der Waals surface area (Å²) >= 11 is 3.32. The summed E-state index contributed by atoms with van der Waals surface area (Å²) in [5.74, 6) is -0.453. The summed E-state index contributed by atoms with van der Waals surface area (Å²) in [6.45, 7) is 0. The molecule has 2 aromatic carbocycles. The van der Waals surface area contributed by atoms with Gasteiger partial charge in [-0.25, -0.2) is 4.90 Å². The molecule has 1 aliphatic heterocycles. The zero-order chi connectivity index (χ0) is 15.7. The number of amides is 2. The molecule has 1 heterocycles. The molecule has 110 valence electrons. The molecule has 3 rings (SSSR count). The summed E-state index contributed by atoms with van der Waals surface area (Å²) in [6.07, 6.45) is 1.70. The minimum atomic E-state index is -0.323. The van der Waals surface area contributed by atoms with Crippen molar-refractivity contribution in [3.63, 3.8) is 0 Å². The molecule has 2 aromatic rings. The lowest BCUT2D eigenvalue weighted by Crippen LogP contribution is -2.28. The van der Waals surface area contributed by atoms with E-state index < -0.39 is 0 Å². The number of aromatic hydroxyl groups is 1. The number of hydrogen-bond donors (Lipinski definition) is 1. The Morgan fingerprint density at radius 3 is 2.50 bits per heavy atom. The molecule has 22 heavy (non-hydrogen) atoms. The maximum absolute atomic E-state index is 12.5. The van der Waals surface area contributed by atoms with Gasteiger partial charge in [-0.2, -0.15) is 0 Å². The van der Waals surface area contributed by atoms with Crippen molar-refractivity contribution in [2.24, 2.45) is 0 Å². The fourth-order valence-electron chi connectivity index (χ4n) is 2.35. The summed E-state index contributed by atoms with van der Waals surface area (Å²) in [5, 5.41) is 9.46. The Labute approximate surface area is 135 Å². The summed E-state index contributed by atoms with van der Waals surface area (Å²) in [4.78, 5) is 25.8. The van der Waals surface area contributed by atoms with Crippen LogP contribution < -0.4 is 4.90 Å². The molecule has 0 aliphatic carbocycles. The Kier molecular flexibility index (Phi) is 3.81. The third kappa shape index (κ3) is 2.80. The molecule has 0 bridgehead atoms. The molecular formula is C17H12BrNO3. The number of phenols is 1. The number of benzene rings is 2. The normalized spacial score (nSPS) is 16.6. The fraction of sp³-hybridized carbons (Fsp3) is 0.0588. The molecule has 0 aromatic heterocycles. The van der Waals surface area contributed by atoms with Crippen LogP contribution in [-0.4, -0.2) is 16.9 Å². The zero-order valence-electron chi connectivity index (χ0n) is 11.5. The fourth-order valence-corrected chi connectivity index (χ4v) is 2.62. The van der Waals surface area contributed by atoms with Crippen molar-refractivity contribution in [2.45, 2.75) is 6.42 Å². The highest BCUT2D eigenvalue weighted by atomic mass is 79.9. The Morgan fingerprint density at radius 1 is 1.09 bits per heavy atom. The van der Waals surface area contributed by atoms with Gasteiger partial charge in [-0.15, -0.1) is 0 Å². The summed E-state index contributed by atoms with van der Waals surface area (Å²) in [6, 6.07) is 13.6. The van der Waals surface area contributed by atoms with Gasteiger partial charge in [0.25, 0.3) is 5.91 Å². The predicted molar refractivity (Wildman–Crippen MR) is 87.3 cm³/mol. The minimum absolute atomic E-state index is 0.0601. The summed E-state index contributed by atoms with van der Waals surface area (Å²) < 4.78 is 0.880. The van der Waals surface area contributed by atoms with Crippen LogP contribution in [0, 0.1) is 0 Å². The van der Waals surface area contributed by atoms with Crippen LogP contribution in [0.4, 0.5) is 5.69 Å². The number of rotatable bonds is 2. The quantitative estimate of drug-likeness (QED) is 0.660. The van der Waals surface area contributed by atoms with Gasteiger partial charge in [-0.3, -0.25) is 9.59 Å². The number of carbonyl (C=O) groups excluding carboxylic acids is 2. The minimum Gasteiger partial charge on any atom is -0.508 e. The van der Waals surface area contributed by atoms with Gasteiger partial charge >= 0.3 is 0 Å². The van der Waals surface area contributed by atoms with Crippen LogP contribution in [0.3, 0.4) is 0 Å². The monoisotopic (exact) mass is 357 g/mol. The standard InChI is InChI=1S/C17H12BrNO3/c18-13-4-6-14(7-5-13)19-16(21)10-12(17(19)22)8-11-2-1-3-15(20)9-11/h1-9,20H,10H2. The molecule has 4 nitrogen and oxygen atoms in total. The molecule has 2 amide bonds. The van der Waals surface area contributed by atoms with E-state index in [4.69, 9.17) is 0 Å². The lowest BCUT2D eigenvalue weighted by molar-refractivity contribution is -0.120. The molecule has 0 atom stereocenters. The van der Waals surface area contributed by atoms with E-state index in [2.05, 4.69) is 15.9 Å². The van der Waals surface area contributed by atoms with Gasteiger partial charge in [0.2, 0.25) is 5.91 Å². The van der Waals surface area contributed by atoms with E-state index in [0.717, 1.165) is 4.47 Å². The van der Waals surface area contributed by atoms with Gasteiger partial charge in [0.15, 0.2) is 0 Å². The third-order valence-electron chi connectivity index (χ3n) is 3.36. The SMILES string of the molecule is O=C1CC(=Cc2cccc(O)c2)C(=O)N1c1ccc(Br)cc1. The van der Waals surface area contributed by atoms with Crippen LogP contribution in [0.2, 0.25) is 0 Å². The molecule has 0 unspecified atom stereocenters. The molecule has 1 N–H and O–H groups in total. The zero-order valence-corrected chi connectivity index (χ0v) is 13.1. The van der Waals surface area contributed by atoms with Crippen molar-refractivity contribution in [2.75, 3.05) is 4.90 Å². The Balaban J connectivity index is 1.93. The van der Waals surface area contributed by atoms with E-state index in [1.807, 2.05) is 0 Å². The van der Waals surface area contributed by atoms with Crippen LogP contribution in [0.5, 0.6) is 5.75 Å². The van der Waals surface area contributed by atoms with Crippen molar-refractivity contribution in [3.05, 3.63) is 64.1 Å². The van der Waals surface area contributed by atoms with Crippen molar-refractivity contribution >= 4 is 39.5 Å². The molecule has 0 saturated carbocycles. The predicted octanol–water partition coefficient (Wildman–Crippen LogP) is 3.50. The number of halogens is 1. The first kappa shape index (κ1) is 14.5. The number of hydrogen-bond acceptors (Lipinski definition) is 3. The van der Waals surface area contributed by atoms with Crippen LogP contribution >= 0.6 is 15.9 Å². The topological polar surface area (TPSA) is 57.6 Å². The Bertz CT molecular complexity index is 781. The van der Waals surface area contributed by atoms with Crippen LogP contribution in [0.15, 0.2) is 58.6 Å². The van der Waals surface area contributed by atoms with E-state index in [-0.39, 0.29) is 24.0 Å². The highest BCUT2D eigenvalue weighted by Crippen LogP contribution is 2.28. The lowest BCUT2D eigenvalue weighted by atomic mass is 10.1. The number of nitrogens with zero attached hydrogens (tertiary/aromatic N) is 1. The average molecular weight is 358 g/mol. The largest absolute Gasteiger partial charge is 0.508 e. The number of carbonyl (C=O) groups is 2. The lowest BCUT2D eigenvalue weighted by Gasteiger charge is -2.13. The highest BCUT2D eigenvalue weighted by molar-refractivity contribution is 9.10. The van der Waals surface area contributed by atoms with Crippen LogP contribution in [0.1, 0.15) is 12.0 Å². The van der Waals surface area contributed by atoms with E-state index in [0.29, 0.717) is 16.8 Å². The van der Waals surface area contributed by atoms with Gasteiger partial charge in [-0.05, 0) is 48.0 Å². The highest BCUT2D eigenvalue weighted by Gasteiger charge is 2.34. The Hall–Kier alpha value is -2.40. The van der Waals surface area contributed by atoms with E-state index in [1.165, 1.54) is 4.90 Å². The van der Waals surface area contributed by atoms with E-state index in [1.54, 1.807) is 54.6 Å². The van der Waals surface area contributed by atoms with Gasteiger partial charge in [-0.1, -0.05) is 28.1 Å². The second-order valence-electron chi connectivity index (χ2n) is 4.95. The first-order valence-electron chi connectivity index (χ1n) is 6.67. The van der Waals surface area contributed by atoms with Gasteiger partial charge < -0.3 is 5.11 Å². The van der Waals surface area contributed by atoms with Gasteiger partial charge in [0.05, 0.1) is 12.1 Å². The molecule has 0 spiro atoms. The van der Waals surface area contributed by atoms with Crippen molar-refractivity contribution < 1.29 is 14.7 Å². The Morgan fingerprint density at radius 2 is 1.82 bits per heavy atom. The van der Waals surface area contributed by atoms with Crippen molar-refractivity contribution in [1.29, 1.82) is 0 Å². The molecule has 1 saturated heterocycles. The second-order valence-corrected chi connectivity index (χ2v) is 5.87. The van der Waals surface area contributed by atoms with Gasteiger partial charge in [0, 0.05) is 10.0 Å². The second kappa shape index (κ2) is 5.77. The van der Waals surface area contributed by atoms with E-state index in [9.17, 15) is 14.7 Å². The molecular weight excluding hydrogens is 346 g/mol. The van der Waals surface area contributed by atoms with Crippen LogP contribution in [0.25, 0.3) is 6.08 Å². The first-order valence-corrected chi connectivity index (χ1v) is 7.46. The molecule has 1 fully saturated rings. The molecule has 1 aliphatic rings. The van der Waals surface area contributed by atoms with Crippen molar-refractivity contribution in [3.8, 4) is 5.75 Å². The van der Waals surface area contributed by atoms with E-state index >= 15 is 0 Å². The first-order chi connectivity index (χ1) is 10.5. The molecule has 5 heteroatoms. The smallest absolute Gasteiger partial charge is 0.261 e. The maximum atomic E-state index is 12.5. The number of anilines is 1. The van der Waals surface area contributed by atoms with Crippen molar-refractivity contribution in [1.82, 2.24) is 0 Å². The number of phenolic OH excluding ortho intramolecular Hbond substituents is 1. The maximum Gasteiger partial charge on any atom is 0.261 e. The van der Waals surface area contributed by atoms with Crippen LogP contribution in [-0.2, 0) is 9.59 Å². The number of imide groups is 1.